The number of aromatic hydroxyl groups is 1. The van der Waals surface area contributed by atoms with E-state index in [0.29, 0.717) is 37.9 Å². The van der Waals surface area contributed by atoms with Crippen LogP contribution in [0.4, 0.5) is 4.79 Å². The molecule has 2 bridgehead atoms. The summed E-state index contributed by atoms with van der Waals surface area (Å²) in [6.07, 6.45) is 1.21. The monoisotopic (exact) mass is 574 g/mol. The summed E-state index contributed by atoms with van der Waals surface area (Å²) >= 11 is 0. The molecule has 4 aliphatic rings. The summed E-state index contributed by atoms with van der Waals surface area (Å²) < 4.78 is 11.7. The van der Waals surface area contributed by atoms with Crippen LogP contribution in [-0.2, 0) is 26.2 Å². The lowest BCUT2D eigenvalue weighted by Gasteiger charge is -2.63. The number of carbonyl (C=O) groups excluding carboxylic acids is 2. The highest BCUT2D eigenvalue weighted by molar-refractivity contribution is 5.80. The summed E-state index contributed by atoms with van der Waals surface area (Å²) in [5.74, 6) is -0.330. The van der Waals surface area contributed by atoms with E-state index in [2.05, 4.69) is 15.5 Å². The fourth-order valence-electron chi connectivity index (χ4n) is 7.62. The number of ether oxygens (including phenoxy) is 2. The Morgan fingerprint density at radius 1 is 1.20 bits per heavy atom. The molecule has 5 atom stereocenters. The smallest absolute Gasteiger partial charge is 0.407 e. The molecule has 1 saturated carbocycles. The van der Waals surface area contributed by atoms with Crippen LogP contribution >= 0.6 is 0 Å². The number of piperidine rings is 1. The number of nitrogens with one attached hydrogen (secondary N) is 2. The van der Waals surface area contributed by atoms with Crippen molar-refractivity contribution in [1.82, 2.24) is 20.4 Å². The summed E-state index contributed by atoms with van der Waals surface area (Å²) in [6.45, 7) is 6.14. The van der Waals surface area contributed by atoms with Crippen molar-refractivity contribution in [2.24, 2.45) is 0 Å². The van der Waals surface area contributed by atoms with E-state index in [9.17, 15) is 29.7 Å². The molecule has 2 fully saturated rings. The number of hydrogen-bond donors (Lipinski definition) is 5. The molecule has 2 aliphatic heterocycles. The quantitative estimate of drug-likeness (QED) is 0.271. The third kappa shape index (κ3) is 4.89. The highest BCUT2D eigenvalue weighted by Gasteiger charge is 2.72. The first-order valence-electron chi connectivity index (χ1n) is 14.4. The van der Waals surface area contributed by atoms with Crippen LogP contribution in [0.15, 0.2) is 12.1 Å². The van der Waals surface area contributed by atoms with E-state index >= 15 is 0 Å². The lowest BCUT2D eigenvalue weighted by atomic mass is 9.48. The van der Waals surface area contributed by atoms with E-state index in [1.807, 2.05) is 33.9 Å². The normalized spacial score (nSPS) is 29.7. The van der Waals surface area contributed by atoms with E-state index in [1.54, 1.807) is 6.07 Å². The van der Waals surface area contributed by atoms with Gasteiger partial charge in [-0.1, -0.05) is 6.07 Å². The molecule has 1 aromatic rings. The van der Waals surface area contributed by atoms with Crippen LogP contribution in [0.2, 0.25) is 0 Å². The molecule has 1 spiro atoms. The number of amides is 3. The number of likely N-dealkylation sites (tertiary alicyclic amines) is 1. The summed E-state index contributed by atoms with van der Waals surface area (Å²) in [5.41, 5.74) is -0.358. The van der Waals surface area contributed by atoms with E-state index in [-0.39, 0.29) is 38.1 Å². The molecule has 41 heavy (non-hydrogen) atoms. The van der Waals surface area contributed by atoms with Gasteiger partial charge in [0.15, 0.2) is 11.5 Å². The third-order valence-electron chi connectivity index (χ3n) is 9.46. The molecule has 1 saturated heterocycles. The van der Waals surface area contributed by atoms with Gasteiger partial charge in [-0.3, -0.25) is 9.59 Å². The average molecular weight is 575 g/mol. The molecule has 5 N–H and O–H groups in total. The molecule has 12 nitrogen and oxygen atoms in total. The summed E-state index contributed by atoms with van der Waals surface area (Å²) in [7, 11) is 2.03. The van der Waals surface area contributed by atoms with Gasteiger partial charge < -0.3 is 45.2 Å². The molecule has 1 aromatic carbocycles. The maximum atomic E-state index is 12.9. The molecule has 2 aliphatic carbocycles. The number of hydrogen-bond acceptors (Lipinski definition) is 8. The molecule has 5 rings (SSSR count). The molecule has 226 valence electrons. The second-order valence-corrected chi connectivity index (χ2v) is 12.8. The number of phenolic OH excluding ortho intramolecular Hbond substituents is 1. The van der Waals surface area contributed by atoms with Crippen molar-refractivity contribution in [2.75, 3.05) is 39.9 Å². The summed E-state index contributed by atoms with van der Waals surface area (Å²) in [4.78, 5) is 40.0. The fraction of sp³-hybridized carbons (Fsp3) is 0.690. The number of nitrogens with zero attached hydrogens (tertiary/aromatic N) is 2. The second-order valence-electron chi connectivity index (χ2n) is 12.8. The molecule has 2 heterocycles. The standard InChI is InChI=1S/C29H42N4O8/c1-27(2,3)33(26(37)38)12-5-11-30-21(35)15-40-16-22(36)31-18-8-9-29(39)20-14-17-6-7-19(34)24-23(17)28(29,25(18)41-24)10-13-32(20)4/h6-7,18,20,25,34,39H,5,8-16H2,1-4H3,(H,30,35)(H,31,36)(H,37,38)/t18-,20?,25-,28-,29+/m0/s1. The van der Waals surface area contributed by atoms with Crippen molar-refractivity contribution in [1.29, 1.82) is 0 Å². The predicted octanol–water partition coefficient (Wildman–Crippen LogP) is 0.962. The van der Waals surface area contributed by atoms with Crippen molar-refractivity contribution < 1.29 is 39.2 Å². The fourth-order valence-corrected chi connectivity index (χ4v) is 7.62. The largest absolute Gasteiger partial charge is 0.504 e. The molecule has 3 amide bonds. The minimum Gasteiger partial charge on any atom is -0.504 e. The average Bonchev–Trinajstić information content (AvgIpc) is 3.24. The van der Waals surface area contributed by atoms with Gasteiger partial charge in [0, 0.05) is 30.2 Å². The van der Waals surface area contributed by atoms with E-state index in [1.165, 1.54) is 4.90 Å². The van der Waals surface area contributed by atoms with E-state index < -0.39 is 46.6 Å². The molecule has 1 unspecified atom stereocenters. The molecule has 12 heteroatoms. The Kier molecular flexibility index (Phi) is 7.62. The Morgan fingerprint density at radius 2 is 1.93 bits per heavy atom. The van der Waals surface area contributed by atoms with Gasteiger partial charge in [-0.05, 0) is 78.1 Å². The van der Waals surface area contributed by atoms with Gasteiger partial charge in [0.05, 0.1) is 17.1 Å². The maximum absolute atomic E-state index is 12.9. The van der Waals surface area contributed by atoms with Gasteiger partial charge >= 0.3 is 6.09 Å². The SMILES string of the molecule is CN1CC[C@]23c4c5ccc(O)c4O[C@H]2[C@@H](NC(=O)COCC(=O)NCCCN(C(=O)O)C(C)(C)C)CC[C@@]3(O)C1C5. The summed E-state index contributed by atoms with van der Waals surface area (Å²) in [6, 6.07) is 3.08. The second kappa shape index (κ2) is 10.6. The van der Waals surface area contributed by atoms with Crippen LogP contribution in [0.25, 0.3) is 0 Å². The first-order valence-corrected chi connectivity index (χ1v) is 14.4. The van der Waals surface area contributed by atoms with Crippen LogP contribution in [0.1, 0.15) is 57.6 Å². The minimum absolute atomic E-state index is 0.0424. The molecule has 0 radical (unpaired) electrons. The van der Waals surface area contributed by atoms with E-state index in [4.69, 9.17) is 9.47 Å². The van der Waals surface area contributed by atoms with E-state index in [0.717, 1.165) is 17.7 Å². The van der Waals surface area contributed by atoms with Crippen LogP contribution in [0.5, 0.6) is 11.5 Å². The number of rotatable bonds is 9. The Labute approximate surface area is 240 Å². The lowest BCUT2D eigenvalue weighted by Crippen LogP contribution is -2.77. The van der Waals surface area contributed by atoms with Gasteiger partial charge in [0.2, 0.25) is 11.8 Å². The Balaban J connectivity index is 1.15. The zero-order chi connectivity index (χ0) is 29.7. The number of benzene rings is 1. The highest BCUT2D eigenvalue weighted by Crippen LogP contribution is 2.65. The van der Waals surface area contributed by atoms with Crippen LogP contribution in [0, 0.1) is 0 Å². The van der Waals surface area contributed by atoms with Crippen molar-refractivity contribution >= 4 is 17.9 Å². The van der Waals surface area contributed by atoms with Crippen LogP contribution in [0.3, 0.4) is 0 Å². The zero-order valence-corrected chi connectivity index (χ0v) is 24.2. The van der Waals surface area contributed by atoms with Gasteiger partial charge in [-0.25, -0.2) is 4.79 Å². The zero-order valence-electron chi connectivity index (χ0n) is 24.2. The van der Waals surface area contributed by atoms with Crippen molar-refractivity contribution in [2.45, 2.75) is 87.6 Å². The molecule has 0 aromatic heterocycles. The van der Waals surface area contributed by atoms with Crippen molar-refractivity contribution in [3.63, 3.8) is 0 Å². The number of carbonyl (C=O) groups is 3. The molecular formula is C29H42N4O8. The minimum atomic E-state index is -1.04. The Morgan fingerprint density at radius 3 is 2.63 bits per heavy atom. The number of aliphatic hydroxyl groups is 1. The first-order chi connectivity index (χ1) is 19.3. The van der Waals surface area contributed by atoms with Gasteiger partial charge in [-0.2, -0.15) is 0 Å². The number of phenols is 1. The number of carboxylic acid groups (broad SMARTS) is 1. The molecular weight excluding hydrogens is 532 g/mol. The Hall–Kier alpha value is -3.09. The van der Waals surface area contributed by atoms with Crippen molar-refractivity contribution in [3.8, 4) is 11.5 Å². The predicted molar refractivity (Wildman–Crippen MR) is 148 cm³/mol. The number of likely N-dealkylation sites (N-methyl/N-ethyl adjacent to an activating group) is 1. The highest BCUT2D eigenvalue weighted by atomic mass is 16.5. The van der Waals surface area contributed by atoms with Gasteiger partial charge in [-0.15, -0.1) is 0 Å². The third-order valence-corrected chi connectivity index (χ3v) is 9.46. The Bertz CT molecular complexity index is 1220. The summed E-state index contributed by atoms with van der Waals surface area (Å²) in [5, 5.41) is 37.9. The van der Waals surface area contributed by atoms with Crippen LogP contribution < -0.4 is 15.4 Å². The maximum Gasteiger partial charge on any atom is 0.407 e. The first kappa shape index (κ1) is 29.4. The topological polar surface area (TPSA) is 161 Å². The lowest BCUT2D eigenvalue weighted by molar-refractivity contribution is -0.187. The van der Waals surface area contributed by atoms with Gasteiger partial charge in [0.25, 0.3) is 0 Å². The van der Waals surface area contributed by atoms with Crippen molar-refractivity contribution in [3.05, 3.63) is 23.3 Å². The van der Waals surface area contributed by atoms with Gasteiger partial charge in [0.1, 0.15) is 19.3 Å². The van der Waals surface area contributed by atoms with Crippen LogP contribution in [-0.4, -0.2) is 112 Å².